The first-order valence-electron chi connectivity index (χ1n) is 15.9. The molecule has 10 aromatic rings. The summed E-state index contributed by atoms with van der Waals surface area (Å²) in [7, 11) is 0. The van der Waals surface area contributed by atoms with Crippen LogP contribution in [0.1, 0.15) is 0 Å². The van der Waals surface area contributed by atoms with Crippen LogP contribution >= 0.6 is 11.3 Å². The van der Waals surface area contributed by atoms with Crippen LogP contribution in [-0.4, -0.2) is 15.0 Å². The van der Waals surface area contributed by atoms with Gasteiger partial charge in [0.15, 0.2) is 17.5 Å². The van der Waals surface area contributed by atoms with Gasteiger partial charge in [0.25, 0.3) is 0 Å². The molecular formula is C43H25N3OS. The van der Waals surface area contributed by atoms with Crippen LogP contribution in [0.25, 0.3) is 98.2 Å². The molecule has 0 aliphatic rings. The Morgan fingerprint density at radius 1 is 0.396 bits per heavy atom. The molecule has 0 amide bonds. The smallest absolute Gasteiger partial charge is 0.164 e. The van der Waals surface area contributed by atoms with E-state index in [2.05, 4.69) is 115 Å². The van der Waals surface area contributed by atoms with Gasteiger partial charge in [0.1, 0.15) is 11.2 Å². The highest BCUT2D eigenvalue weighted by Crippen LogP contribution is 2.39. The normalized spacial score (nSPS) is 11.8. The Morgan fingerprint density at radius 3 is 1.83 bits per heavy atom. The molecule has 224 valence electrons. The van der Waals surface area contributed by atoms with Gasteiger partial charge in [0, 0.05) is 47.6 Å². The summed E-state index contributed by atoms with van der Waals surface area (Å²) in [5, 5.41) is 7.14. The van der Waals surface area contributed by atoms with Crippen molar-refractivity contribution in [3.05, 3.63) is 152 Å². The average molecular weight is 632 g/mol. The number of rotatable bonds is 4. The molecule has 0 saturated carbocycles. The Kier molecular flexibility index (Phi) is 6.01. The number of benzene rings is 7. The van der Waals surface area contributed by atoms with E-state index < -0.39 is 0 Å². The van der Waals surface area contributed by atoms with Crippen LogP contribution in [0.4, 0.5) is 0 Å². The fourth-order valence-corrected chi connectivity index (χ4v) is 7.91. The zero-order valence-corrected chi connectivity index (χ0v) is 26.4. The van der Waals surface area contributed by atoms with Gasteiger partial charge in [-0.2, -0.15) is 0 Å². The van der Waals surface area contributed by atoms with E-state index in [0.29, 0.717) is 17.5 Å². The van der Waals surface area contributed by atoms with Gasteiger partial charge in [-0.1, -0.05) is 121 Å². The topological polar surface area (TPSA) is 51.8 Å². The highest BCUT2D eigenvalue weighted by atomic mass is 32.1. The fourth-order valence-electron chi connectivity index (χ4n) is 6.77. The van der Waals surface area contributed by atoms with Gasteiger partial charge in [-0.05, 0) is 52.2 Å². The molecule has 10 rings (SSSR count). The zero-order valence-electron chi connectivity index (χ0n) is 25.6. The third-order valence-corrected chi connectivity index (χ3v) is 10.3. The Morgan fingerprint density at radius 2 is 1.02 bits per heavy atom. The number of hydrogen-bond donors (Lipinski definition) is 0. The molecular weight excluding hydrogens is 607 g/mol. The lowest BCUT2D eigenvalue weighted by Gasteiger charge is -2.10. The number of thiophene rings is 1. The molecule has 5 heteroatoms. The molecule has 0 atom stereocenters. The van der Waals surface area contributed by atoms with Gasteiger partial charge in [0.05, 0.1) is 0 Å². The largest absolute Gasteiger partial charge is 0.456 e. The van der Waals surface area contributed by atoms with Crippen molar-refractivity contribution in [2.45, 2.75) is 0 Å². The summed E-state index contributed by atoms with van der Waals surface area (Å²) in [6.45, 7) is 0. The van der Waals surface area contributed by atoms with E-state index in [1.165, 1.54) is 30.9 Å². The molecule has 0 unspecified atom stereocenters. The maximum Gasteiger partial charge on any atom is 0.164 e. The first-order chi connectivity index (χ1) is 23.7. The lowest BCUT2D eigenvalue weighted by atomic mass is 9.97. The van der Waals surface area contributed by atoms with Gasteiger partial charge >= 0.3 is 0 Å². The van der Waals surface area contributed by atoms with Crippen molar-refractivity contribution in [2.24, 2.45) is 0 Å². The Labute approximate surface area is 279 Å². The Bertz CT molecular complexity index is 2830. The molecule has 0 spiro atoms. The predicted octanol–water partition coefficient (Wildman–Crippen LogP) is 12.0. The predicted molar refractivity (Wildman–Crippen MR) is 199 cm³/mol. The maximum atomic E-state index is 6.34. The summed E-state index contributed by atoms with van der Waals surface area (Å²) in [6.07, 6.45) is 0. The van der Waals surface area contributed by atoms with Crippen LogP contribution in [-0.2, 0) is 0 Å². The van der Waals surface area contributed by atoms with Crippen molar-refractivity contribution in [1.29, 1.82) is 0 Å². The lowest BCUT2D eigenvalue weighted by molar-refractivity contribution is 0.669. The van der Waals surface area contributed by atoms with Crippen LogP contribution in [0.15, 0.2) is 156 Å². The zero-order chi connectivity index (χ0) is 31.6. The number of nitrogens with zero attached hydrogens (tertiary/aromatic N) is 3. The van der Waals surface area contributed by atoms with Crippen LogP contribution in [0.2, 0.25) is 0 Å². The number of furan rings is 1. The first-order valence-corrected chi connectivity index (χ1v) is 16.7. The molecule has 0 aliphatic heterocycles. The van der Waals surface area contributed by atoms with Gasteiger partial charge in [-0.25, -0.2) is 15.0 Å². The third kappa shape index (κ3) is 4.40. The minimum atomic E-state index is 0.639. The van der Waals surface area contributed by atoms with Gasteiger partial charge in [-0.15, -0.1) is 11.3 Å². The number of fused-ring (bicyclic) bond motifs is 7. The number of aromatic nitrogens is 3. The molecule has 0 aliphatic carbocycles. The summed E-state index contributed by atoms with van der Waals surface area (Å²) in [4.78, 5) is 15.0. The fraction of sp³-hybridized carbons (Fsp3) is 0. The van der Waals surface area contributed by atoms with E-state index in [1.807, 2.05) is 36.4 Å². The molecule has 7 aromatic carbocycles. The monoisotopic (exact) mass is 631 g/mol. The second-order valence-corrected chi connectivity index (χ2v) is 13.1. The summed E-state index contributed by atoms with van der Waals surface area (Å²) in [5.41, 5.74) is 6.86. The molecule has 0 bridgehead atoms. The van der Waals surface area contributed by atoms with Gasteiger partial charge in [-0.3, -0.25) is 0 Å². The molecule has 0 saturated heterocycles. The van der Waals surface area contributed by atoms with E-state index in [1.54, 1.807) is 11.3 Å². The molecule has 0 fully saturated rings. The summed E-state index contributed by atoms with van der Waals surface area (Å²) in [5.74, 6) is 1.95. The minimum absolute atomic E-state index is 0.639. The van der Waals surface area contributed by atoms with Crippen LogP contribution in [0, 0.1) is 0 Å². The highest BCUT2D eigenvalue weighted by Gasteiger charge is 2.16. The average Bonchev–Trinajstić information content (AvgIpc) is 3.71. The van der Waals surface area contributed by atoms with Crippen molar-refractivity contribution in [2.75, 3.05) is 0 Å². The van der Waals surface area contributed by atoms with E-state index >= 15 is 0 Å². The minimum Gasteiger partial charge on any atom is -0.456 e. The van der Waals surface area contributed by atoms with Crippen molar-refractivity contribution in [3.63, 3.8) is 0 Å². The molecule has 0 N–H and O–H groups in total. The van der Waals surface area contributed by atoms with Gasteiger partial charge in [0.2, 0.25) is 0 Å². The van der Waals surface area contributed by atoms with Gasteiger partial charge < -0.3 is 4.42 Å². The van der Waals surface area contributed by atoms with E-state index in [9.17, 15) is 0 Å². The van der Waals surface area contributed by atoms with E-state index in [-0.39, 0.29) is 0 Å². The summed E-state index contributed by atoms with van der Waals surface area (Å²) >= 11 is 1.80. The third-order valence-electron chi connectivity index (χ3n) is 9.12. The Balaban J connectivity index is 1.09. The Hall–Kier alpha value is -6.17. The summed E-state index contributed by atoms with van der Waals surface area (Å²) in [6, 6.07) is 52.8. The van der Waals surface area contributed by atoms with Crippen molar-refractivity contribution >= 4 is 64.2 Å². The second kappa shape index (κ2) is 10.7. The first kappa shape index (κ1) is 27.0. The molecule has 3 heterocycles. The standard InChI is InChI=1S/C43H25N3OS/c1-2-9-27(10-3-1)41-44-42(46-43(45-41)31-21-22-34-33-13-6-7-16-38(33)48-39(34)25-31)28-19-17-26(18-20-28)32-14-8-15-36-40(32)35-23-29-11-4-5-12-30(29)24-37(35)47-36/h1-25H. The second-order valence-electron chi connectivity index (χ2n) is 12.0. The van der Waals surface area contributed by atoms with Crippen molar-refractivity contribution in [3.8, 4) is 45.3 Å². The van der Waals surface area contributed by atoms with E-state index in [4.69, 9.17) is 19.4 Å². The van der Waals surface area contributed by atoms with E-state index in [0.717, 1.165) is 49.8 Å². The molecule has 48 heavy (non-hydrogen) atoms. The maximum absolute atomic E-state index is 6.34. The molecule has 0 radical (unpaired) electrons. The van der Waals surface area contributed by atoms with Crippen LogP contribution in [0.5, 0.6) is 0 Å². The number of hydrogen-bond acceptors (Lipinski definition) is 5. The molecule has 4 nitrogen and oxygen atoms in total. The molecule has 3 aromatic heterocycles. The van der Waals surface area contributed by atoms with Crippen molar-refractivity contribution < 1.29 is 4.42 Å². The lowest BCUT2D eigenvalue weighted by Crippen LogP contribution is -2.00. The quantitative estimate of drug-likeness (QED) is 0.194. The summed E-state index contributed by atoms with van der Waals surface area (Å²) < 4.78 is 8.84. The highest BCUT2D eigenvalue weighted by molar-refractivity contribution is 7.25. The van der Waals surface area contributed by atoms with Crippen LogP contribution < -0.4 is 0 Å². The SMILES string of the molecule is c1ccc(-c2nc(-c3ccc(-c4cccc5oc6cc7ccccc7cc6c45)cc3)nc(-c3ccc4c(c3)sc3ccccc34)n2)cc1. The van der Waals surface area contributed by atoms with Crippen LogP contribution in [0.3, 0.4) is 0 Å². The van der Waals surface area contributed by atoms with Crippen molar-refractivity contribution in [1.82, 2.24) is 15.0 Å².